The summed E-state index contributed by atoms with van der Waals surface area (Å²) < 4.78 is 31.0. The first-order chi connectivity index (χ1) is 7.50. The number of ether oxygens (including phenoxy) is 1. The van der Waals surface area contributed by atoms with Crippen molar-refractivity contribution in [3.63, 3.8) is 0 Å². The Kier molecular flexibility index (Phi) is 4.22. The topological polar surface area (TPSA) is 38.3 Å². The molecule has 0 radical (unpaired) electrons. The average molecular weight is 229 g/mol. The molecule has 0 saturated carbocycles. The van der Waals surface area contributed by atoms with Crippen molar-refractivity contribution in [2.45, 2.75) is 20.0 Å². The summed E-state index contributed by atoms with van der Waals surface area (Å²) >= 11 is 0. The van der Waals surface area contributed by atoms with E-state index < -0.39 is 17.6 Å². The first kappa shape index (κ1) is 12.4. The molecule has 0 aliphatic rings. The van der Waals surface area contributed by atoms with Crippen LogP contribution in [0.25, 0.3) is 0 Å². The van der Waals surface area contributed by atoms with E-state index in [-0.39, 0.29) is 18.3 Å². The third-order valence-electron chi connectivity index (χ3n) is 1.74. The Morgan fingerprint density at radius 3 is 2.44 bits per heavy atom. The summed E-state index contributed by atoms with van der Waals surface area (Å²) in [5, 5.41) is 2.36. The molecule has 0 unspecified atom stereocenters. The Balaban J connectivity index is 2.58. The van der Waals surface area contributed by atoms with Crippen LogP contribution in [0.2, 0.25) is 0 Å². The quantitative estimate of drug-likeness (QED) is 0.805. The van der Waals surface area contributed by atoms with Gasteiger partial charge in [-0.2, -0.15) is 0 Å². The van der Waals surface area contributed by atoms with E-state index in [2.05, 4.69) is 5.32 Å². The molecule has 0 atom stereocenters. The number of carbonyl (C=O) groups excluding carboxylic acids is 1. The molecule has 0 saturated heterocycles. The van der Waals surface area contributed by atoms with Gasteiger partial charge in [-0.3, -0.25) is 4.79 Å². The van der Waals surface area contributed by atoms with Crippen molar-refractivity contribution in [1.29, 1.82) is 0 Å². The SMILES string of the molecule is CC(C)OC(=O)CNc1c(F)cccc1F. The molecule has 0 bridgehead atoms. The van der Waals surface area contributed by atoms with Gasteiger partial charge in [-0.1, -0.05) is 6.07 Å². The Hall–Kier alpha value is -1.65. The molecule has 1 N–H and O–H groups in total. The smallest absolute Gasteiger partial charge is 0.325 e. The minimum absolute atomic E-state index is 0.250. The highest BCUT2D eigenvalue weighted by Gasteiger charge is 2.10. The van der Waals surface area contributed by atoms with Crippen molar-refractivity contribution in [2.24, 2.45) is 0 Å². The van der Waals surface area contributed by atoms with Crippen molar-refractivity contribution in [2.75, 3.05) is 11.9 Å². The first-order valence-corrected chi connectivity index (χ1v) is 4.88. The summed E-state index contributed by atoms with van der Waals surface area (Å²) in [6.07, 6.45) is -0.250. The molecule has 0 spiro atoms. The molecule has 0 aromatic heterocycles. The molecule has 0 heterocycles. The van der Waals surface area contributed by atoms with Crippen LogP contribution in [0.4, 0.5) is 14.5 Å². The number of para-hydroxylation sites is 1. The Bertz CT molecular complexity index is 360. The highest BCUT2D eigenvalue weighted by atomic mass is 19.1. The summed E-state index contributed by atoms with van der Waals surface area (Å²) in [6.45, 7) is 3.12. The Morgan fingerprint density at radius 2 is 1.94 bits per heavy atom. The summed E-state index contributed by atoms with van der Waals surface area (Å²) in [7, 11) is 0. The molecule has 0 fully saturated rings. The van der Waals surface area contributed by atoms with Crippen molar-refractivity contribution in [3.05, 3.63) is 29.8 Å². The third kappa shape index (κ3) is 3.49. The molecule has 1 aromatic carbocycles. The molecule has 1 rings (SSSR count). The second-order valence-corrected chi connectivity index (χ2v) is 3.49. The van der Waals surface area contributed by atoms with Gasteiger partial charge in [0.2, 0.25) is 0 Å². The molecule has 0 amide bonds. The van der Waals surface area contributed by atoms with E-state index in [0.29, 0.717) is 0 Å². The van der Waals surface area contributed by atoms with Crippen LogP contribution in [0, 0.1) is 11.6 Å². The van der Waals surface area contributed by atoms with Crippen LogP contribution in [-0.2, 0) is 9.53 Å². The van der Waals surface area contributed by atoms with E-state index in [1.807, 2.05) is 0 Å². The number of nitrogens with one attached hydrogen (secondary N) is 1. The van der Waals surface area contributed by atoms with Gasteiger partial charge < -0.3 is 10.1 Å². The molecule has 88 valence electrons. The van der Waals surface area contributed by atoms with E-state index in [1.165, 1.54) is 6.07 Å². The number of benzene rings is 1. The van der Waals surface area contributed by atoms with Gasteiger partial charge in [-0.05, 0) is 26.0 Å². The number of rotatable bonds is 4. The van der Waals surface area contributed by atoms with Crippen molar-refractivity contribution >= 4 is 11.7 Å². The highest BCUT2D eigenvalue weighted by Crippen LogP contribution is 2.17. The van der Waals surface area contributed by atoms with Crippen LogP contribution in [0.1, 0.15) is 13.8 Å². The maximum atomic E-state index is 13.1. The van der Waals surface area contributed by atoms with Crippen LogP contribution in [0.3, 0.4) is 0 Å². The van der Waals surface area contributed by atoms with E-state index in [1.54, 1.807) is 13.8 Å². The normalized spacial score (nSPS) is 10.3. The molecular formula is C11H13F2NO2. The lowest BCUT2D eigenvalue weighted by Crippen LogP contribution is -2.21. The maximum Gasteiger partial charge on any atom is 0.325 e. The summed E-state index contributed by atoms with van der Waals surface area (Å²) in [6, 6.07) is 3.47. The fourth-order valence-corrected chi connectivity index (χ4v) is 1.13. The van der Waals surface area contributed by atoms with Crippen LogP contribution in [0.15, 0.2) is 18.2 Å². The van der Waals surface area contributed by atoms with Gasteiger partial charge in [0.1, 0.15) is 23.9 Å². The summed E-state index contributed by atoms with van der Waals surface area (Å²) in [5.74, 6) is -2.03. The predicted molar refractivity (Wildman–Crippen MR) is 56.1 cm³/mol. The highest BCUT2D eigenvalue weighted by molar-refractivity contribution is 5.75. The van der Waals surface area contributed by atoms with Gasteiger partial charge in [0.25, 0.3) is 0 Å². The molecule has 3 nitrogen and oxygen atoms in total. The first-order valence-electron chi connectivity index (χ1n) is 4.88. The lowest BCUT2D eigenvalue weighted by atomic mass is 10.3. The lowest BCUT2D eigenvalue weighted by Gasteiger charge is -2.10. The van der Waals surface area contributed by atoms with Gasteiger partial charge in [0.05, 0.1) is 6.10 Å². The minimum Gasteiger partial charge on any atom is -0.462 e. The molecular weight excluding hydrogens is 216 g/mol. The van der Waals surface area contributed by atoms with Gasteiger partial charge in [-0.15, -0.1) is 0 Å². The third-order valence-corrected chi connectivity index (χ3v) is 1.74. The standard InChI is InChI=1S/C11H13F2NO2/c1-7(2)16-10(15)6-14-11-8(12)4-3-5-9(11)13/h3-5,7,14H,6H2,1-2H3. The number of halogens is 2. The van der Waals surface area contributed by atoms with Crippen molar-refractivity contribution in [3.8, 4) is 0 Å². The van der Waals surface area contributed by atoms with E-state index in [9.17, 15) is 13.6 Å². The van der Waals surface area contributed by atoms with Crippen molar-refractivity contribution < 1.29 is 18.3 Å². The van der Waals surface area contributed by atoms with Gasteiger partial charge in [0.15, 0.2) is 0 Å². The molecule has 5 heteroatoms. The van der Waals surface area contributed by atoms with Crippen LogP contribution < -0.4 is 5.32 Å². The summed E-state index contributed by atoms with van der Waals surface area (Å²) in [4.78, 5) is 11.1. The predicted octanol–water partition coefficient (Wildman–Crippen LogP) is 2.33. The van der Waals surface area contributed by atoms with Crippen molar-refractivity contribution in [1.82, 2.24) is 0 Å². The number of esters is 1. The fourth-order valence-electron chi connectivity index (χ4n) is 1.13. The van der Waals surface area contributed by atoms with E-state index >= 15 is 0 Å². The maximum absolute atomic E-state index is 13.1. The molecule has 1 aromatic rings. The molecule has 0 aliphatic heterocycles. The second-order valence-electron chi connectivity index (χ2n) is 3.49. The number of hydrogen-bond donors (Lipinski definition) is 1. The zero-order chi connectivity index (χ0) is 12.1. The van der Waals surface area contributed by atoms with Crippen LogP contribution in [0.5, 0.6) is 0 Å². The molecule has 0 aliphatic carbocycles. The number of hydrogen-bond acceptors (Lipinski definition) is 3. The monoisotopic (exact) mass is 229 g/mol. The Morgan fingerprint density at radius 1 is 1.38 bits per heavy atom. The number of anilines is 1. The van der Waals surface area contributed by atoms with E-state index in [0.717, 1.165) is 12.1 Å². The average Bonchev–Trinajstić information content (AvgIpc) is 2.15. The number of carbonyl (C=O) groups is 1. The van der Waals surface area contributed by atoms with Gasteiger partial charge in [-0.25, -0.2) is 8.78 Å². The minimum atomic E-state index is -0.739. The zero-order valence-electron chi connectivity index (χ0n) is 9.09. The van der Waals surface area contributed by atoms with Gasteiger partial charge >= 0.3 is 5.97 Å². The Labute approximate surface area is 92.4 Å². The summed E-state index contributed by atoms with van der Waals surface area (Å²) in [5.41, 5.74) is -0.316. The molecule has 16 heavy (non-hydrogen) atoms. The van der Waals surface area contributed by atoms with Crippen LogP contribution in [-0.4, -0.2) is 18.6 Å². The van der Waals surface area contributed by atoms with Gasteiger partial charge in [0, 0.05) is 0 Å². The zero-order valence-corrected chi connectivity index (χ0v) is 9.09. The lowest BCUT2D eigenvalue weighted by molar-refractivity contribution is -0.145. The largest absolute Gasteiger partial charge is 0.462 e. The fraction of sp³-hybridized carbons (Fsp3) is 0.364. The van der Waals surface area contributed by atoms with Crippen LogP contribution >= 0.6 is 0 Å². The van der Waals surface area contributed by atoms with E-state index in [4.69, 9.17) is 4.74 Å². The second kappa shape index (κ2) is 5.44.